The zero-order valence-electron chi connectivity index (χ0n) is 19.2. The van der Waals surface area contributed by atoms with Crippen LogP contribution in [0.1, 0.15) is 50.2 Å². The fourth-order valence-electron chi connectivity index (χ4n) is 4.23. The van der Waals surface area contributed by atoms with Crippen LogP contribution >= 0.6 is 46.6 Å². The van der Waals surface area contributed by atoms with Crippen LogP contribution in [0.2, 0.25) is 0 Å². The Morgan fingerprint density at radius 3 is 2.57 bits per heavy atom. The van der Waals surface area contributed by atoms with Crippen molar-refractivity contribution in [2.45, 2.75) is 51.7 Å². The van der Waals surface area contributed by atoms with Crippen molar-refractivity contribution >= 4 is 68.6 Å². The molecule has 1 saturated heterocycles. The third-order valence-electron chi connectivity index (χ3n) is 5.92. The summed E-state index contributed by atoms with van der Waals surface area (Å²) in [6, 6.07) is 10.3. The molecule has 0 aromatic heterocycles. The highest BCUT2D eigenvalue weighted by Gasteiger charge is 2.37. The van der Waals surface area contributed by atoms with Crippen LogP contribution in [0.5, 0.6) is 11.5 Å². The maximum atomic E-state index is 13.2. The Kier molecular flexibility index (Phi) is 8.66. The van der Waals surface area contributed by atoms with Crippen LogP contribution in [-0.2, 0) is 11.4 Å². The second-order valence-electron chi connectivity index (χ2n) is 8.32. The number of rotatable bonds is 8. The fourth-order valence-corrected chi connectivity index (χ4v) is 6.41. The van der Waals surface area contributed by atoms with Crippen molar-refractivity contribution in [1.82, 2.24) is 4.90 Å². The lowest BCUT2D eigenvalue weighted by Crippen LogP contribution is -2.39. The van der Waals surface area contributed by atoms with E-state index in [9.17, 15) is 14.9 Å². The third-order valence-corrected chi connectivity index (χ3v) is 8.05. The number of nitro benzene ring substituents is 1. The lowest BCUT2D eigenvalue weighted by molar-refractivity contribution is -0.384. The Hall–Kier alpha value is -2.18. The van der Waals surface area contributed by atoms with Crippen molar-refractivity contribution < 1.29 is 19.2 Å². The smallest absolute Gasteiger partial charge is 0.269 e. The van der Waals surface area contributed by atoms with Crippen LogP contribution in [-0.4, -0.2) is 32.7 Å². The maximum absolute atomic E-state index is 13.2. The lowest BCUT2D eigenvalue weighted by Gasteiger charge is -2.29. The van der Waals surface area contributed by atoms with Crippen molar-refractivity contribution in [3.8, 4) is 11.5 Å². The molecule has 2 aliphatic rings. The molecule has 7 nitrogen and oxygen atoms in total. The van der Waals surface area contributed by atoms with Gasteiger partial charge in [-0.15, -0.1) is 0 Å². The number of thiocarbonyl (C=S) groups is 1. The molecule has 35 heavy (non-hydrogen) atoms. The molecule has 2 aromatic rings. The molecule has 0 radical (unpaired) electrons. The largest absolute Gasteiger partial charge is 0.490 e. The van der Waals surface area contributed by atoms with Gasteiger partial charge < -0.3 is 9.47 Å². The molecule has 2 fully saturated rings. The van der Waals surface area contributed by atoms with E-state index < -0.39 is 4.92 Å². The number of nitro groups is 1. The molecule has 0 bridgehead atoms. The summed E-state index contributed by atoms with van der Waals surface area (Å²) in [4.78, 5) is 26.0. The molecule has 1 heterocycles. The predicted octanol–water partition coefficient (Wildman–Crippen LogP) is 6.71. The molecule has 1 aliphatic carbocycles. The summed E-state index contributed by atoms with van der Waals surface area (Å²) < 4.78 is 13.4. The number of thioether (sulfide) groups is 1. The molecule has 10 heteroatoms. The number of ether oxygens (including phenoxy) is 2. The minimum Gasteiger partial charge on any atom is -0.490 e. The molecule has 0 N–H and O–H groups in total. The summed E-state index contributed by atoms with van der Waals surface area (Å²) in [5.41, 5.74) is 1.69. The quantitative estimate of drug-likeness (QED) is 0.106. The predicted molar refractivity (Wildman–Crippen MR) is 150 cm³/mol. The van der Waals surface area contributed by atoms with Crippen molar-refractivity contribution in [1.29, 1.82) is 0 Å². The summed E-state index contributed by atoms with van der Waals surface area (Å²) in [6.45, 7) is 2.60. The Morgan fingerprint density at radius 1 is 1.20 bits per heavy atom. The average molecular weight is 625 g/mol. The van der Waals surface area contributed by atoms with E-state index in [0.717, 1.165) is 40.4 Å². The zero-order chi connectivity index (χ0) is 24.9. The van der Waals surface area contributed by atoms with Crippen molar-refractivity contribution in [2.75, 3.05) is 6.61 Å². The fraction of sp³-hybridized carbons (Fsp3) is 0.360. The molecule has 2 aromatic carbocycles. The first-order chi connectivity index (χ1) is 16.9. The van der Waals surface area contributed by atoms with Gasteiger partial charge in [-0.25, -0.2) is 0 Å². The SMILES string of the molecule is CCOc1cc(/C=C2\SC(=S)N(C3CCCCC3)C2=O)cc(I)c1OCc1ccc([N+](=O)[O-])cc1. The molecule has 1 aliphatic heterocycles. The van der Waals surface area contributed by atoms with Gasteiger partial charge in [0.1, 0.15) is 10.9 Å². The van der Waals surface area contributed by atoms with Crippen LogP contribution < -0.4 is 9.47 Å². The highest BCUT2D eigenvalue weighted by molar-refractivity contribution is 14.1. The summed E-state index contributed by atoms with van der Waals surface area (Å²) in [5, 5.41) is 10.9. The summed E-state index contributed by atoms with van der Waals surface area (Å²) >= 11 is 9.10. The maximum Gasteiger partial charge on any atom is 0.269 e. The second kappa shape index (κ2) is 11.7. The van der Waals surface area contributed by atoms with Crippen molar-refractivity contribution in [3.05, 3.63) is 66.1 Å². The van der Waals surface area contributed by atoms with E-state index in [4.69, 9.17) is 21.7 Å². The van der Waals surface area contributed by atoms with Crippen LogP contribution in [0.4, 0.5) is 5.69 Å². The molecule has 1 saturated carbocycles. The van der Waals surface area contributed by atoms with E-state index in [-0.39, 0.29) is 24.2 Å². The highest BCUT2D eigenvalue weighted by atomic mass is 127. The second-order valence-corrected chi connectivity index (χ2v) is 11.2. The number of nitrogens with zero attached hydrogens (tertiary/aromatic N) is 2. The number of non-ortho nitro benzene ring substituents is 1. The van der Waals surface area contributed by atoms with E-state index in [2.05, 4.69) is 22.6 Å². The number of halogens is 1. The van der Waals surface area contributed by atoms with Crippen LogP contribution in [0.3, 0.4) is 0 Å². The zero-order valence-corrected chi connectivity index (χ0v) is 23.0. The van der Waals surface area contributed by atoms with Crippen molar-refractivity contribution in [2.24, 2.45) is 0 Å². The van der Waals surface area contributed by atoms with E-state index in [1.165, 1.54) is 30.3 Å². The van der Waals surface area contributed by atoms with Gasteiger partial charge >= 0.3 is 0 Å². The van der Waals surface area contributed by atoms with Gasteiger partial charge in [0.05, 0.1) is 20.0 Å². The number of amides is 1. The average Bonchev–Trinajstić information content (AvgIpc) is 3.12. The van der Waals surface area contributed by atoms with E-state index >= 15 is 0 Å². The molecule has 0 atom stereocenters. The van der Waals surface area contributed by atoms with Gasteiger partial charge in [-0.05, 0) is 83.8 Å². The Bertz CT molecular complexity index is 1160. The lowest BCUT2D eigenvalue weighted by atomic mass is 9.94. The third kappa shape index (κ3) is 6.15. The first-order valence-corrected chi connectivity index (χ1v) is 13.8. The first kappa shape index (κ1) is 25.9. The highest BCUT2D eigenvalue weighted by Crippen LogP contribution is 2.40. The van der Waals surface area contributed by atoms with Crippen LogP contribution in [0, 0.1) is 13.7 Å². The summed E-state index contributed by atoms with van der Waals surface area (Å²) in [6.07, 6.45) is 7.38. The van der Waals surface area contributed by atoms with Gasteiger partial charge in [0, 0.05) is 18.2 Å². The molecule has 0 spiro atoms. The Morgan fingerprint density at radius 2 is 1.91 bits per heavy atom. The molecule has 4 rings (SSSR count). The van der Waals surface area contributed by atoms with Crippen molar-refractivity contribution in [3.63, 3.8) is 0 Å². The summed E-state index contributed by atoms with van der Waals surface area (Å²) in [5.74, 6) is 1.16. The number of carbonyl (C=O) groups is 1. The summed E-state index contributed by atoms with van der Waals surface area (Å²) in [7, 11) is 0. The molecular formula is C25H25IN2O5S2. The van der Waals surface area contributed by atoms with Gasteiger partial charge in [-0.1, -0.05) is 43.2 Å². The Labute approximate surface area is 227 Å². The van der Waals surface area contributed by atoms with Gasteiger partial charge in [-0.2, -0.15) is 0 Å². The van der Waals surface area contributed by atoms with Crippen LogP contribution in [0.25, 0.3) is 6.08 Å². The monoisotopic (exact) mass is 624 g/mol. The van der Waals surface area contributed by atoms with Gasteiger partial charge in [0.2, 0.25) is 0 Å². The Balaban J connectivity index is 1.53. The number of carbonyl (C=O) groups excluding carboxylic acids is 1. The van der Waals surface area contributed by atoms with Crippen LogP contribution in [0.15, 0.2) is 41.3 Å². The van der Waals surface area contributed by atoms with Gasteiger partial charge in [0.25, 0.3) is 11.6 Å². The topological polar surface area (TPSA) is 81.9 Å². The molecule has 1 amide bonds. The first-order valence-electron chi connectivity index (χ1n) is 11.5. The van der Waals surface area contributed by atoms with E-state index in [1.807, 2.05) is 25.1 Å². The molecular weight excluding hydrogens is 599 g/mol. The molecule has 0 unspecified atom stereocenters. The number of hydrogen-bond donors (Lipinski definition) is 0. The minimum absolute atomic E-state index is 0.0154. The molecule has 184 valence electrons. The van der Waals surface area contributed by atoms with Gasteiger partial charge in [-0.3, -0.25) is 19.8 Å². The van der Waals surface area contributed by atoms with E-state index in [1.54, 1.807) is 17.0 Å². The standard InChI is InChI=1S/C25H25IN2O5S2/c1-2-32-21-13-17(14-22-24(29)27(25(34)35-22)18-6-4-3-5-7-18)12-20(26)23(21)33-15-16-8-10-19(11-9-16)28(30)31/h8-14,18H,2-7,15H2,1H3/b22-14-. The normalized spacial score (nSPS) is 17.8. The number of hydrogen-bond acceptors (Lipinski definition) is 7. The minimum atomic E-state index is -0.428. The number of benzene rings is 2. The van der Waals surface area contributed by atoms with E-state index in [0.29, 0.717) is 27.3 Å². The van der Waals surface area contributed by atoms with Gasteiger partial charge in [0.15, 0.2) is 11.5 Å².